The number of anilines is 1. The van der Waals surface area contributed by atoms with Crippen molar-refractivity contribution in [2.45, 2.75) is 104 Å². The van der Waals surface area contributed by atoms with Crippen LogP contribution in [-0.4, -0.2) is 48.5 Å². The van der Waals surface area contributed by atoms with Crippen molar-refractivity contribution in [1.29, 1.82) is 0 Å². The van der Waals surface area contributed by atoms with Gasteiger partial charge in [0.05, 0.1) is 18.6 Å². The molecule has 4 aromatic rings. The minimum atomic E-state index is -0.209. The molecular weight excluding hydrogens is 657 g/mol. The number of fused-ring (bicyclic) bond motifs is 6. The van der Waals surface area contributed by atoms with E-state index in [0.717, 1.165) is 51.6 Å². The standard InChI is InChI=1S/C47H57N2O4/c1-7-52-42(50)26-11-9-17-32-48-38-30-28-34-20-13-15-22-36(34)44(38)46(3,4)40(48)24-19-25-41-47(5,6)45-37-23-16-14-21-35(37)29-31-39(45)49(41)33-18-10-12-27-43(51)53-8-2/h13-16,19-25,28-31H,7-12,17-18,26-27,32-33H2,1-6H3/q+1. The average molecular weight is 714 g/mol. The molecule has 2 aliphatic rings. The van der Waals surface area contributed by atoms with Crippen LogP contribution in [0.5, 0.6) is 0 Å². The number of benzene rings is 4. The molecule has 0 aromatic heterocycles. The number of carbonyl (C=O) groups excluding carboxylic acids is 2. The minimum absolute atomic E-state index is 0.106. The van der Waals surface area contributed by atoms with E-state index in [2.05, 4.69) is 128 Å². The Bertz CT molecular complexity index is 2070. The zero-order valence-corrected chi connectivity index (χ0v) is 32.7. The third-order valence-electron chi connectivity index (χ3n) is 11.2. The first-order valence-electron chi connectivity index (χ1n) is 19.8. The lowest BCUT2D eigenvalue weighted by Gasteiger charge is -2.27. The lowest BCUT2D eigenvalue weighted by atomic mass is 9.79. The molecule has 278 valence electrons. The minimum Gasteiger partial charge on any atom is -0.466 e. The van der Waals surface area contributed by atoms with Gasteiger partial charge in [0.1, 0.15) is 6.54 Å². The topological polar surface area (TPSA) is 58.8 Å². The van der Waals surface area contributed by atoms with Crippen molar-refractivity contribution < 1.29 is 23.6 Å². The molecule has 0 amide bonds. The number of rotatable bonds is 16. The maximum atomic E-state index is 12.0. The van der Waals surface area contributed by atoms with Gasteiger partial charge in [-0.25, -0.2) is 0 Å². The van der Waals surface area contributed by atoms with Crippen LogP contribution >= 0.6 is 0 Å². The number of allylic oxidation sites excluding steroid dienone is 4. The quantitative estimate of drug-likeness (QED) is 0.0657. The summed E-state index contributed by atoms with van der Waals surface area (Å²) in [6, 6.07) is 26.5. The molecule has 0 bridgehead atoms. The summed E-state index contributed by atoms with van der Waals surface area (Å²) in [7, 11) is 0. The Morgan fingerprint density at radius 2 is 1.26 bits per heavy atom. The molecule has 6 nitrogen and oxygen atoms in total. The van der Waals surface area contributed by atoms with E-state index >= 15 is 0 Å². The van der Waals surface area contributed by atoms with Gasteiger partial charge in [0.15, 0.2) is 5.71 Å². The van der Waals surface area contributed by atoms with Gasteiger partial charge in [0.25, 0.3) is 0 Å². The predicted octanol–water partition coefficient (Wildman–Crippen LogP) is 10.9. The molecule has 6 rings (SSSR count). The first-order chi connectivity index (χ1) is 25.6. The van der Waals surface area contributed by atoms with E-state index in [1.807, 2.05) is 13.8 Å². The lowest BCUT2D eigenvalue weighted by molar-refractivity contribution is -0.438. The van der Waals surface area contributed by atoms with Crippen molar-refractivity contribution in [2.75, 3.05) is 31.2 Å². The second-order valence-corrected chi connectivity index (χ2v) is 15.4. The largest absolute Gasteiger partial charge is 0.466 e. The number of nitrogens with zero attached hydrogens (tertiary/aromatic N) is 2. The van der Waals surface area contributed by atoms with E-state index in [4.69, 9.17) is 9.47 Å². The molecule has 0 saturated heterocycles. The number of esters is 2. The van der Waals surface area contributed by atoms with E-state index in [0.29, 0.717) is 26.1 Å². The first kappa shape index (κ1) is 38.0. The molecule has 0 unspecified atom stereocenters. The van der Waals surface area contributed by atoms with E-state index < -0.39 is 0 Å². The fraction of sp³-hybridized carbons (Fsp3) is 0.426. The molecule has 6 heteroatoms. The molecule has 0 spiro atoms. The van der Waals surface area contributed by atoms with Crippen LogP contribution in [0.4, 0.5) is 11.4 Å². The summed E-state index contributed by atoms with van der Waals surface area (Å²) in [5.74, 6) is -0.212. The summed E-state index contributed by atoms with van der Waals surface area (Å²) in [6.07, 6.45) is 13.5. The van der Waals surface area contributed by atoms with Crippen molar-refractivity contribution in [3.63, 3.8) is 0 Å². The Hall–Kier alpha value is -4.71. The fourth-order valence-electron chi connectivity index (χ4n) is 8.68. The van der Waals surface area contributed by atoms with E-state index in [-0.39, 0.29) is 22.8 Å². The van der Waals surface area contributed by atoms with Crippen LogP contribution in [0.25, 0.3) is 21.5 Å². The summed E-state index contributed by atoms with van der Waals surface area (Å²) in [4.78, 5) is 26.5. The van der Waals surface area contributed by atoms with Crippen LogP contribution in [0.3, 0.4) is 0 Å². The predicted molar refractivity (Wildman–Crippen MR) is 219 cm³/mol. The normalized spacial score (nSPS) is 16.6. The molecule has 0 N–H and O–H groups in total. The molecule has 0 atom stereocenters. The average Bonchev–Trinajstić information content (AvgIpc) is 3.50. The molecule has 0 fully saturated rings. The van der Waals surface area contributed by atoms with Gasteiger partial charge < -0.3 is 14.4 Å². The monoisotopic (exact) mass is 713 g/mol. The molecule has 0 radical (unpaired) electrons. The Morgan fingerprint density at radius 1 is 0.679 bits per heavy atom. The van der Waals surface area contributed by atoms with Crippen molar-refractivity contribution in [3.05, 3.63) is 108 Å². The first-order valence-corrected chi connectivity index (χ1v) is 19.8. The molecule has 2 heterocycles. The van der Waals surface area contributed by atoms with Gasteiger partial charge in [-0.1, -0.05) is 80.9 Å². The van der Waals surface area contributed by atoms with Crippen molar-refractivity contribution in [2.24, 2.45) is 0 Å². The second kappa shape index (κ2) is 16.5. The maximum absolute atomic E-state index is 12.0. The van der Waals surface area contributed by atoms with Gasteiger partial charge in [-0.2, -0.15) is 4.58 Å². The van der Waals surface area contributed by atoms with E-state index in [1.54, 1.807) is 0 Å². The van der Waals surface area contributed by atoms with Gasteiger partial charge in [-0.3, -0.25) is 9.59 Å². The Balaban J connectivity index is 1.33. The molecule has 53 heavy (non-hydrogen) atoms. The number of unbranched alkanes of at least 4 members (excludes halogenated alkanes) is 4. The third-order valence-corrected chi connectivity index (χ3v) is 11.2. The Labute approximate surface area is 316 Å². The molecular formula is C47H57N2O4+. The van der Waals surface area contributed by atoms with Gasteiger partial charge in [0.2, 0.25) is 5.69 Å². The van der Waals surface area contributed by atoms with Crippen LogP contribution in [-0.2, 0) is 29.9 Å². The maximum Gasteiger partial charge on any atom is 0.305 e. The SMILES string of the molecule is CCOC(=O)CCCCCN1/C(=C\C=C\C2=[N+](CCCCCC(=O)OCC)c3ccc4ccccc4c3C2(C)C)C(C)(C)c2c1ccc1ccccc21. The second-order valence-electron chi connectivity index (χ2n) is 15.4. The van der Waals surface area contributed by atoms with Gasteiger partial charge in [0, 0.05) is 60.3 Å². The smallest absolute Gasteiger partial charge is 0.305 e. The van der Waals surface area contributed by atoms with Crippen molar-refractivity contribution in [3.8, 4) is 0 Å². The van der Waals surface area contributed by atoms with Crippen molar-refractivity contribution >= 4 is 50.6 Å². The number of carbonyl (C=O) groups is 2. The number of hydrogen-bond donors (Lipinski definition) is 0. The van der Waals surface area contributed by atoms with Crippen LogP contribution in [0.15, 0.2) is 96.7 Å². The lowest BCUT2D eigenvalue weighted by Crippen LogP contribution is -2.28. The molecule has 0 aliphatic carbocycles. The highest BCUT2D eigenvalue weighted by molar-refractivity contribution is 6.07. The molecule has 0 saturated carbocycles. The van der Waals surface area contributed by atoms with Crippen LogP contribution in [0.1, 0.15) is 104 Å². The van der Waals surface area contributed by atoms with Gasteiger partial charge in [-0.05, 0) is 98.7 Å². The zero-order valence-electron chi connectivity index (χ0n) is 32.7. The van der Waals surface area contributed by atoms with Gasteiger partial charge in [-0.15, -0.1) is 0 Å². The summed E-state index contributed by atoms with van der Waals surface area (Å²) in [6.45, 7) is 15.8. The highest BCUT2D eigenvalue weighted by Crippen LogP contribution is 2.51. The number of hydrogen-bond acceptors (Lipinski definition) is 5. The highest BCUT2D eigenvalue weighted by Gasteiger charge is 2.45. The number of ether oxygens (including phenoxy) is 2. The van der Waals surface area contributed by atoms with Crippen LogP contribution in [0, 0.1) is 0 Å². The Morgan fingerprint density at radius 3 is 1.91 bits per heavy atom. The van der Waals surface area contributed by atoms with Crippen LogP contribution < -0.4 is 4.90 Å². The fourth-order valence-corrected chi connectivity index (χ4v) is 8.68. The third kappa shape index (κ3) is 7.83. The van der Waals surface area contributed by atoms with E-state index in [9.17, 15) is 9.59 Å². The Kier molecular flexibility index (Phi) is 11.9. The highest BCUT2D eigenvalue weighted by atomic mass is 16.5. The summed E-state index contributed by atoms with van der Waals surface area (Å²) >= 11 is 0. The summed E-state index contributed by atoms with van der Waals surface area (Å²) < 4.78 is 12.8. The summed E-state index contributed by atoms with van der Waals surface area (Å²) in [5.41, 5.74) is 7.45. The van der Waals surface area contributed by atoms with Gasteiger partial charge >= 0.3 is 11.9 Å². The van der Waals surface area contributed by atoms with E-state index in [1.165, 1.54) is 55.5 Å². The van der Waals surface area contributed by atoms with Crippen LogP contribution in [0.2, 0.25) is 0 Å². The zero-order chi connectivity index (χ0) is 37.6. The molecule has 2 aliphatic heterocycles. The molecule has 4 aromatic carbocycles. The summed E-state index contributed by atoms with van der Waals surface area (Å²) in [5, 5.41) is 5.13. The van der Waals surface area contributed by atoms with Crippen molar-refractivity contribution in [1.82, 2.24) is 0 Å².